The second-order valence-corrected chi connectivity index (χ2v) is 13.4. The Morgan fingerprint density at radius 1 is 1.06 bits per heavy atom. The largest absolute Gasteiger partial charge is 0.380 e. The van der Waals surface area contributed by atoms with Crippen LogP contribution in [0, 0.1) is 16.7 Å². The van der Waals surface area contributed by atoms with Crippen LogP contribution in [0.15, 0.2) is 53.4 Å². The van der Waals surface area contributed by atoms with E-state index in [0.717, 1.165) is 31.2 Å². The second-order valence-electron chi connectivity index (χ2n) is 11.5. The molecule has 188 valence electrons. The van der Waals surface area contributed by atoms with Crippen LogP contribution in [0.25, 0.3) is 0 Å². The lowest BCUT2D eigenvalue weighted by molar-refractivity contribution is 0.0737. The van der Waals surface area contributed by atoms with Crippen molar-refractivity contribution in [1.29, 1.82) is 0 Å². The van der Waals surface area contributed by atoms with Crippen LogP contribution in [-0.2, 0) is 16.6 Å². The molecule has 5 rings (SSSR count). The highest BCUT2D eigenvalue weighted by Gasteiger charge is 2.59. The number of benzene rings is 2. The summed E-state index contributed by atoms with van der Waals surface area (Å²) in [6.45, 7) is 8.34. The van der Waals surface area contributed by atoms with Crippen LogP contribution < -0.4 is 10.6 Å². The van der Waals surface area contributed by atoms with Crippen molar-refractivity contribution in [3.63, 3.8) is 0 Å². The van der Waals surface area contributed by atoms with Crippen LogP contribution in [-0.4, -0.2) is 37.8 Å². The van der Waals surface area contributed by atoms with Gasteiger partial charge in [0.2, 0.25) is 10.0 Å². The van der Waals surface area contributed by atoms with Crippen molar-refractivity contribution in [3.05, 3.63) is 59.7 Å². The molecule has 1 amide bonds. The Balaban J connectivity index is 1.44. The van der Waals surface area contributed by atoms with Gasteiger partial charge >= 0.3 is 0 Å². The summed E-state index contributed by atoms with van der Waals surface area (Å²) in [7, 11) is -3.71. The summed E-state index contributed by atoms with van der Waals surface area (Å²) in [4.78, 5) is 13.6. The molecule has 7 heteroatoms. The molecule has 3 fully saturated rings. The average molecular weight is 496 g/mol. The van der Waals surface area contributed by atoms with Crippen molar-refractivity contribution < 1.29 is 13.2 Å². The zero-order valence-corrected chi connectivity index (χ0v) is 21.8. The van der Waals surface area contributed by atoms with E-state index in [0.29, 0.717) is 36.8 Å². The molecule has 1 aliphatic heterocycles. The monoisotopic (exact) mass is 495 g/mol. The third-order valence-electron chi connectivity index (χ3n) is 8.80. The van der Waals surface area contributed by atoms with Crippen molar-refractivity contribution in [1.82, 2.24) is 9.62 Å². The van der Waals surface area contributed by atoms with Gasteiger partial charge in [0.05, 0.1) is 5.69 Å². The first-order chi connectivity index (χ1) is 16.6. The van der Waals surface area contributed by atoms with E-state index in [4.69, 9.17) is 0 Å². The predicted octanol–water partition coefficient (Wildman–Crippen LogP) is 5.03. The summed E-state index contributed by atoms with van der Waals surface area (Å²) in [6, 6.07) is 15.0. The average Bonchev–Trinajstić information content (AvgIpc) is 3.56. The molecule has 2 N–H and O–H groups in total. The molecule has 1 saturated heterocycles. The number of nitrogens with one attached hydrogen (secondary N) is 2. The molecule has 1 heterocycles. The van der Waals surface area contributed by atoms with Crippen LogP contribution in [0.4, 0.5) is 5.69 Å². The van der Waals surface area contributed by atoms with E-state index in [-0.39, 0.29) is 27.7 Å². The summed E-state index contributed by atoms with van der Waals surface area (Å²) in [5.41, 5.74) is 2.13. The molecule has 6 nitrogen and oxygen atoms in total. The number of nitrogens with zero attached hydrogens (tertiary/aromatic N) is 1. The summed E-state index contributed by atoms with van der Waals surface area (Å²) >= 11 is 0. The van der Waals surface area contributed by atoms with Crippen LogP contribution in [0.2, 0.25) is 0 Å². The Morgan fingerprint density at radius 3 is 2.43 bits per heavy atom. The van der Waals surface area contributed by atoms with Gasteiger partial charge in [0.25, 0.3) is 5.91 Å². The molecule has 1 unspecified atom stereocenters. The molecular weight excluding hydrogens is 458 g/mol. The minimum Gasteiger partial charge on any atom is -0.380 e. The minimum absolute atomic E-state index is 0.0320. The Bertz CT molecular complexity index is 1200. The lowest BCUT2D eigenvalue weighted by Gasteiger charge is -2.43. The van der Waals surface area contributed by atoms with Gasteiger partial charge in [-0.15, -0.1) is 0 Å². The molecule has 2 bridgehead atoms. The first-order valence-electron chi connectivity index (χ1n) is 12.8. The number of hydrogen-bond acceptors (Lipinski definition) is 4. The zero-order chi connectivity index (χ0) is 24.8. The lowest BCUT2D eigenvalue weighted by atomic mass is 9.68. The number of hydrogen-bond donors (Lipinski definition) is 2. The van der Waals surface area contributed by atoms with Crippen molar-refractivity contribution in [2.45, 2.75) is 70.4 Å². The van der Waals surface area contributed by atoms with Crippen molar-refractivity contribution in [2.75, 3.05) is 18.4 Å². The summed E-state index contributed by atoms with van der Waals surface area (Å²) < 4.78 is 28.7. The molecule has 2 aromatic carbocycles. The maximum atomic E-state index is 13.6. The minimum atomic E-state index is -3.71. The van der Waals surface area contributed by atoms with E-state index in [1.807, 2.05) is 30.3 Å². The van der Waals surface area contributed by atoms with E-state index < -0.39 is 10.0 Å². The summed E-state index contributed by atoms with van der Waals surface area (Å²) in [5.74, 6) is 0.429. The summed E-state index contributed by atoms with van der Waals surface area (Å²) in [6.07, 6.45) is 5.21. The third-order valence-corrected chi connectivity index (χ3v) is 10.7. The van der Waals surface area contributed by atoms with E-state index in [1.165, 1.54) is 10.7 Å². The Labute approximate surface area is 209 Å². The highest BCUT2D eigenvalue weighted by Crippen LogP contribution is 2.62. The van der Waals surface area contributed by atoms with Crippen molar-refractivity contribution in [3.8, 4) is 0 Å². The maximum absolute atomic E-state index is 13.6. The quantitative estimate of drug-likeness (QED) is 0.565. The number of anilines is 1. The van der Waals surface area contributed by atoms with Gasteiger partial charge in [-0.3, -0.25) is 4.79 Å². The first kappa shape index (κ1) is 24.3. The first-order valence-corrected chi connectivity index (χ1v) is 14.3. The highest BCUT2D eigenvalue weighted by atomic mass is 32.2. The molecule has 0 radical (unpaired) electrons. The zero-order valence-electron chi connectivity index (χ0n) is 21.0. The van der Waals surface area contributed by atoms with Crippen LogP contribution in [0.1, 0.15) is 68.8 Å². The van der Waals surface area contributed by atoms with Crippen LogP contribution in [0.3, 0.4) is 0 Å². The Morgan fingerprint density at radius 2 is 1.77 bits per heavy atom. The van der Waals surface area contributed by atoms with Gasteiger partial charge in [-0.1, -0.05) is 51.1 Å². The standard InChI is InChI=1S/C28H37N3O3S/c1-27(2)22-13-14-28(3,18-22)26(27)30-25(32)21-11-12-23(29-19-20-9-5-4-6-10-20)24(17-21)35(33,34)31-15-7-8-16-31/h4-6,9-12,17,22,26,29H,7-8,13-16,18-19H2,1-3H3,(H,30,32)/t22-,26?,28+/m1/s1. The van der Waals surface area contributed by atoms with Crippen molar-refractivity contribution in [2.24, 2.45) is 16.7 Å². The van der Waals surface area contributed by atoms with Crippen LogP contribution >= 0.6 is 0 Å². The third kappa shape index (κ3) is 4.38. The fourth-order valence-electron chi connectivity index (χ4n) is 6.76. The number of carbonyl (C=O) groups is 1. The molecule has 3 aliphatic rings. The predicted molar refractivity (Wildman–Crippen MR) is 139 cm³/mol. The summed E-state index contributed by atoms with van der Waals surface area (Å²) in [5, 5.41) is 6.62. The highest BCUT2D eigenvalue weighted by molar-refractivity contribution is 7.89. The fourth-order valence-corrected chi connectivity index (χ4v) is 8.47. The topological polar surface area (TPSA) is 78.5 Å². The Kier molecular flexibility index (Phi) is 6.20. The number of sulfonamides is 1. The molecule has 2 aromatic rings. The van der Waals surface area contributed by atoms with Crippen molar-refractivity contribution >= 4 is 21.6 Å². The van der Waals surface area contributed by atoms with E-state index in [1.54, 1.807) is 18.2 Å². The molecule has 3 atom stereocenters. The number of rotatable bonds is 7. The van der Waals surface area contributed by atoms with E-state index in [2.05, 4.69) is 31.4 Å². The molecule has 0 spiro atoms. The SMILES string of the molecule is CC1(C)C(NC(=O)c2ccc(NCc3ccccc3)c(S(=O)(=O)N3CCCC3)c2)[C@@]2(C)CC[C@@H]1C2. The fraction of sp³-hybridized carbons (Fsp3) is 0.536. The van der Waals surface area contributed by atoms with Gasteiger partial charge < -0.3 is 10.6 Å². The van der Waals surface area contributed by atoms with E-state index in [9.17, 15) is 13.2 Å². The van der Waals surface area contributed by atoms with Gasteiger partial charge in [0.1, 0.15) is 4.90 Å². The lowest BCUT2D eigenvalue weighted by Crippen LogP contribution is -2.52. The Hall–Kier alpha value is -2.38. The maximum Gasteiger partial charge on any atom is 0.251 e. The number of fused-ring (bicyclic) bond motifs is 2. The normalized spacial score (nSPS) is 27.7. The smallest absolute Gasteiger partial charge is 0.251 e. The van der Waals surface area contributed by atoms with Gasteiger partial charge in [-0.2, -0.15) is 4.31 Å². The molecule has 2 aliphatic carbocycles. The second kappa shape index (κ2) is 8.93. The van der Waals surface area contributed by atoms with Gasteiger partial charge in [0, 0.05) is 31.2 Å². The molecule has 0 aromatic heterocycles. The van der Waals surface area contributed by atoms with Gasteiger partial charge in [-0.25, -0.2) is 8.42 Å². The van der Waals surface area contributed by atoms with Gasteiger partial charge in [0.15, 0.2) is 0 Å². The molecular formula is C28H37N3O3S. The number of carbonyl (C=O) groups excluding carboxylic acids is 1. The molecule has 35 heavy (non-hydrogen) atoms. The number of amides is 1. The van der Waals surface area contributed by atoms with E-state index >= 15 is 0 Å². The van der Waals surface area contributed by atoms with Crippen LogP contribution in [0.5, 0.6) is 0 Å². The van der Waals surface area contributed by atoms with Gasteiger partial charge in [-0.05, 0) is 72.6 Å². The molecule has 2 saturated carbocycles.